The molecule has 1 fully saturated rings. The topological polar surface area (TPSA) is 61.9 Å². The van der Waals surface area contributed by atoms with Gasteiger partial charge in [0, 0.05) is 12.5 Å². The molecule has 6 heteroatoms. The number of likely N-dealkylation sites (tertiary alicyclic amines) is 1. The van der Waals surface area contributed by atoms with Crippen molar-refractivity contribution in [2.45, 2.75) is 85.7 Å². The van der Waals surface area contributed by atoms with Crippen LogP contribution in [-0.4, -0.2) is 29.4 Å². The van der Waals surface area contributed by atoms with Crippen LogP contribution in [0.15, 0.2) is 77.9 Å². The van der Waals surface area contributed by atoms with Crippen molar-refractivity contribution in [3.8, 4) is 0 Å². The number of benzene rings is 2. The molecule has 6 nitrogen and oxygen atoms in total. The predicted molar refractivity (Wildman–Crippen MR) is 159 cm³/mol. The van der Waals surface area contributed by atoms with Crippen molar-refractivity contribution < 1.29 is 14.4 Å². The van der Waals surface area contributed by atoms with Gasteiger partial charge in [-0.2, -0.15) is 0 Å². The fourth-order valence-electron chi connectivity index (χ4n) is 5.61. The van der Waals surface area contributed by atoms with Crippen molar-refractivity contribution in [1.82, 2.24) is 10.5 Å². The Balaban J connectivity index is 0.00000100. The van der Waals surface area contributed by atoms with E-state index < -0.39 is 0 Å². The molecule has 0 aromatic heterocycles. The Morgan fingerprint density at radius 2 is 1.67 bits per heavy atom. The number of hydrogen-bond acceptors (Lipinski definition) is 5. The highest BCUT2D eigenvalue weighted by Crippen LogP contribution is 2.40. The zero-order valence-electron chi connectivity index (χ0n) is 24.4. The summed E-state index contributed by atoms with van der Waals surface area (Å²) >= 11 is 0. The van der Waals surface area contributed by atoms with Crippen LogP contribution in [0.4, 0.5) is 5.69 Å². The highest BCUT2D eigenvalue weighted by Gasteiger charge is 2.37. The Labute approximate surface area is 234 Å². The van der Waals surface area contributed by atoms with Gasteiger partial charge in [-0.25, -0.2) is 9.80 Å². The summed E-state index contributed by atoms with van der Waals surface area (Å²) in [5, 5.41) is 1.46. The van der Waals surface area contributed by atoms with Crippen molar-refractivity contribution in [2.75, 3.05) is 11.6 Å². The molecule has 5 rings (SSSR count). The molecule has 3 aliphatic rings. The predicted octanol–water partition coefficient (Wildman–Crippen LogP) is 7.10. The molecule has 1 saturated heterocycles. The average Bonchev–Trinajstić information content (AvgIpc) is 3.46. The van der Waals surface area contributed by atoms with Crippen LogP contribution in [0.1, 0.15) is 84.3 Å². The molecule has 1 unspecified atom stereocenters. The third kappa shape index (κ3) is 6.87. The fourth-order valence-corrected chi connectivity index (χ4v) is 5.61. The maximum atomic E-state index is 14.0. The van der Waals surface area contributed by atoms with E-state index in [2.05, 4.69) is 47.8 Å². The van der Waals surface area contributed by atoms with Crippen LogP contribution >= 0.6 is 0 Å². The Bertz CT molecular complexity index is 1160. The smallest absolute Gasteiger partial charge is 0.333 e. The van der Waals surface area contributed by atoms with E-state index in [4.69, 9.17) is 4.84 Å². The molecule has 1 N–H and O–H groups in total. The summed E-state index contributed by atoms with van der Waals surface area (Å²) in [5.74, 6) is -0.822. The molecule has 0 spiro atoms. The molecule has 39 heavy (non-hydrogen) atoms. The van der Waals surface area contributed by atoms with Gasteiger partial charge in [0.1, 0.15) is 0 Å². The first-order chi connectivity index (χ1) is 19.0. The van der Waals surface area contributed by atoms with Gasteiger partial charge in [0.15, 0.2) is 0 Å². The Hall–Kier alpha value is -3.22. The molecule has 0 radical (unpaired) electrons. The molecule has 2 aliphatic heterocycles. The van der Waals surface area contributed by atoms with E-state index in [1.54, 1.807) is 0 Å². The second-order valence-corrected chi connectivity index (χ2v) is 9.72. The van der Waals surface area contributed by atoms with Gasteiger partial charge in [-0.05, 0) is 61.9 Å². The van der Waals surface area contributed by atoms with Gasteiger partial charge < -0.3 is 4.84 Å². The largest absolute Gasteiger partial charge is 0.350 e. The van der Waals surface area contributed by atoms with E-state index in [-0.39, 0.29) is 29.8 Å². The number of nitrogens with zero attached hydrogens (tertiary/aromatic N) is 2. The average molecular weight is 532 g/mol. The van der Waals surface area contributed by atoms with Gasteiger partial charge in [0.05, 0.1) is 17.6 Å². The first-order valence-corrected chi connectivity index (χ1v) is 14.6. The van der Waals surface area contributed by atoms with Crippen molar-refractivity contribution in [3.63, 3.8) is 0 Å². The quantitative estimate of drug-likeness (QED) is 0.458. The van der Waals surface area contributed by atoms with Gasteiger partial charge >= 0.3 is 5.97 Å². The lowest BCUT2D eigenvalue weighted by atomic mass is 9.80. The minimum absolute atomic E-state index is 0.0344. The van der Waals surface area contributed by atoms with E-state index >= 15 is 0 Å². The summed E-state index contributed by atoms with van der Waals surface area (Å²) < 4.78 is 0. The second-order valence-electron chi connectivity index (χ2n) is 9.72. The fraction of sp³-hybridized carbons (Fsp3) is 0.455. The normalized spacial score (nSPS) is 22.9. The molecule has 0 saturated carbocycles. The zero-order chi connectivity index (χ0) is 28.4. The lowest BCUT2D eigenvalue weighted by Gasteiger charge is -2.34. The second kappa shape index (κ2) is 14.8. The van der Waals surface area contributed by atoms with Crippen LogP contribution in [0.5, 0.6) is 0 Å². The monoisotopic (exact) mass is 531 g/mol. The van der Waals surface area contributed by atoms with Crippen molar-refractivity contribution >= 4 is 17.6 Å². The molecule has 0 bridgehead atoms. The number of hydrazine groups is 1. The van der Waals surface area contributed by atoms with Crippen LogP contribution in [-0.2, 0) is 21.0 Å². The van der Waals surface area contributed by atoms with Gasteiger partial charge in [-0.3, -0.25) is 9.69 Å². The number of rotatable bonds is 3. The van der Waals surface area contributed by atoms with Crippen molar-refractivity contribution in [1.29, 1.82) is 0 Å². The summed E-state index contributed by atoms with van der Waals surface area (Å²) in [4.78, 5) is 34.8. The SMILES string of the molecule is CC.CC.CC1C2=C(CCC=C2)[C@H](C)C(=O)ONN(C(=O)[C@@H]2CCCN2Cc2ccccc2)c2ccccc21. The highest BCUT2D eigenvalue weighted by atomic mass is 16.7. The van der Waals surface area contributed by atoms with Crippen LogP contribution in [0, 0.1) is 5.92 Å². The third-order valence-electron chi connectivity index (χ3n) is 7.57. The lowest BCUT2D eigenvalue weighted by Crippen LogP contribution is -2.53. The number of carbonyl (C=O) groups is 2. The summed E-state index contributed by atoms with van der Waals surface area (Å²) in [5.41, 5.74) is 7.97. The number of para-hydroxylation sites is 1. The van der Waals surface area contributed by atoms with E-state index in [0.29, 0.717) is 6.54 Å². The summed E-state index contributed by atoms with van der Waals surface area (Å²) in [6.45, 7) is 13.6. The molecule has 1 aliphatic carbocycles. The Morgan fingerprint density at radius 1 is 0.974 bits per heavy atom. The molecule has 2 aromatic carbocycles. The molecular weight excluding hydrogens is 486 g/mol. The van der Waals surface area contributed by atoms with E-state index in [1.165, 1.54) is 10.6 Å². The number of nitrogens with one attached hydrogen (secondary N) is 1. The number of fused-ring (bicyclic) bond motifs is 1. The first kappa shape index (κ1) is 30.3. The van der Waals surface area contributed by atoms with Crippen LogP contribution < -0.4 is 10.6 Å². The minimum Gasteiger partial charge on any atom is -0.350 e. The van der Waals surface area contributed by atoms with Crippen molar-refractivity contribution in [2.24, 2.45) is 5.92 Å². The highest BCUT2D eigenvalue weighted by molar-refractivity contribution is 5.97. The summed E-state index contributed by atoms with van der Waals surface area (Å²) in [6.07, 6.45) is 7.79. The van der Waals surface area contributed by atoms with Crippen LogP contribution in [0.3, 0.4) is 0 Å². The van der Waals surface area contributed by atoms with E-state index in [0.717, 1.165) is 54.6 Å². The molecule has 210 valence electrons. The van der Waals surface area contributed by atoms with E-state index in [9.17, 15) is 9.59 Å². The maximum absolute atomic E-state index is 14.0. The standard InChI is InChI=1S/C29H33N3O3.2C2H6/c1-20-23-13-6-7-14-24(23)21(2)29(34)35-30-32(26-16-9-8-15-25(20)26)28(33)27-17-10-18-31(27)19-22-11-4-3-5-12-22;2*1-2/h3-6,8-9,11-13,15-16,20-21,27,30H,7,10,14,17-19H2,1-2H3;2*1-2H3/t20?,21-,27-;;/m0../s1. The summed E-state index contributed by atoms with van der Waals surface area (Å²) in [7, 11) is 0. The molecular formula is C33H45N3O3. The third-order valence-corrected chi connectivity index (χ3v) is 7.57. The Kier molecular flexibility index (Phi) is 11.5. The summed E-state index contributed by atoms with van der Waals surface area (Å²) in [6, 6.07) is 17.9. The lowest BCUT2D eigenvalue weighted by molar-refractivity contribution is -0.156. The Morgan fingerprint density at radius 3 is 2.41 bits per heavy atom. The first-order valence-electron chi connectivity index (χ1n) is 14.6. The van der Waals surface area contributed by atoms with Gasteiger partial charge in [-0.1, -0.05) is 106 Å². The van der Waals surface area contributed by atoms with Crippen LogP contribution in [0.25, 0.3) is 0 Å². The van der Waals surface area contributed by atoms with Gasteiger partial charge in [-0.15, -0.1) is 0 Å². The molecule has 3 atom stereocenters. The van der Waals surface area contributed by atoms with Gasteiger partial charge in [0.2, 0.25) is 0 Å². The molecule has 2 aromatic rings. The minimum atomic E-state index is -0.381. The van der Waals surface area contributed by atoms with E-state index in [1.807, 2.05) is 71.0 Å². The number of hydrogen-bond donors (Lipinski definition) is 1. The number of allylic oxidation sites excluding steroid dienone is 3. The van der Waals surface area contributed by atoms with Gasteiger partial charge in [0.25, 0.3) is 5.91 Å². The number of amides is 1. The number of carbonyl (C=O) groups excluding carboxylic acids is 2. The van der Waals surface area contributed by atoms with Crippen LogP contribution in [0.2, 0.25) is 0 Å². The molecule has 1 amide bonds. The zero-order valence-corrected chi connectivity index (χ0v) is 24.4. The van der Waals surface area contributed by atoms with Crippen molar-refractivity contribution in [3.05, 3.63) is 89.0 Å². The number of anilines is 1. The molecule has 2 heterocycles. The maximum Gasteiger partial charge on any atom is 0.333 e.